The summed E-state index contributed by atoms with van der Waals surface area (Å²) in [5.41, 5.74) is -0.239. The number of amides is 1. The zero-order valence-electron chi connectivity index (χ0n) is 14.7. The summed E-state index contributed by atoms with van der Waals surface area (Å²) in [7, 11) is -1.87. The highest BCUT2D eigenvalue weighted by Gasteiger charge is 2.33. The van der Waals surface area contributed by atoms with Gasteiger partial charge in [0.2, 0.25) is 0 Å². The lowest BCUT2D eigenvalue weighted by molar-refractivity contribution is -0.137. The highest BCUT2D eigenvalue weighted by atomic mass is 35.5. The van der Waals surface area contributed by atoms with Gasteiger partial charge in [-0.05, 0) is 48.9 Å². The highest BCUT2D eigenvalue weighted by Crippen LogP contribution is 2.36. The average molecular weight is 420 g/mol. The molecule has 0 spiro atoms. The van der Waals surface area contributed by atoms with Crippen molar-refractivity contribution in [1.82, 2.24) is 4.90 Å². The van der Waals surface area contributed by atoms with Gasteiger partial charge in [0.15, 0.2) is 9.84 Å². The van der Waals surface area contributed by atoms with Crippen LogP contribution in [0.5, 0.6) is 0 Å². The van der Waals surface area contributed by atoms with Crippen LogP contribution in [0.3, 0.4) is 0 Å². The van der Waals surface area contributed by atoms with Crippen molar-refractivity contribution in [2.24, 2.45) is 0 Å². The van der Waals surface area contributed by atoms with E-state index in [4.69, 9.17) is 11.6 Å². The van der Waals surface area contributed by atoms with E-state index in [1.54, 1.807) is 6.92 Å². The monoisotopic (exact) mass is 419 g/mol. The van der Waals surface area contributed by atoms with Gasteiger partial charge in [0.1, 0.15) is 0 Å². The third kappa shape index (κ3) is 4.81. The van der Waals surface area contributed by atoms with E-state index >= 15 is 0 Å². The Kier molecular flexibility index (Phi) is 5.91. The van der Waals surface area contributed by atoms with E-state index in [2.05, 4.69) is 0 Å². The smallest absolute Gasteiger partial charge is 0.335 e. The van der Waals surface area contributed by atoms with E-state index in [1.807, 2.05) is 0 Å². The van der Waals surface area contributed by atoms with Crippen LogP contribution in [-0.2, 0) is 16.0 Å². The van der Waals surface area contributed by atoms with Gasteiger partial charge in [0.25, 0.3) is 5.91 Å². The van der Waals surface area contributed by atoms with Crippen molar-refractivity contribution < 1.29 is 26.4 Å². The molecular weight excluding hydrogens is 403 g/mol. The molecule has 0 aliphatic rings. The minimum Gasteiger partial charge on any atom is -0.335 e. The first-order valence-electron chi connectivity index (χ1n) is 7.76. The summed E-state index contributed by atoms with van der Waals surface area (Å²) in [6, 6.07) is 8.23. The SMILES string of the molecule is CC(c1ccc(C(F)(F)F)c(Cl)c1)N(C)C(=O)c1ccc(S(C)(=O)=O)cc1. The maximum absolute atomic E-state index is 12.8. The zero-order chi connectivity index (χ0) is 20.6. The summed E-state index contributed by atoms with van der Waals surface area (Å²) in [5.74, 6) is -0.404. The standard InChI is InChI=1S/C18H17ClF3NO3S/c1-11(13-6-9-15(16(19)10-13)18(20,21)22)23(2)17(24)12-4-7-14(8-5-12)27(3,25)26/h4-11H,1-3H3. The van der Waals surface area contributed by atoms with Crippen molar-refractivity contribution in [3.8, 4) is 0 Å². The Balaban J connectivity index is 2.25. The summed E-state index contributed by atoms with van der Waals surface area (Å²) in [4.78, 5) is 14.0. The maximum Gasteiger partial charge on any atom is 0.417 e. The molecule has 1 unspecified atom stereocenters. The second-order valence-corrected chi connectivity index (χ2v) is 8.55. The van der Waals surface area contributed by atoms with Crippen molar-refractivity contribution in [3.05, 3.63) is 64.2 Å². The number of carbonyl (C=O) groups excluding carboxylic acids is 1. The molecule has 0 fully saturated rings. The minimum atomic E-state index is -4.55. The lowest BCUT2D eigenvalue weighted by Gasteiger charge is -2.26. The number of halogens is 4. The molecule has 2 rings (SSSR count). The number of carbonyl (C=O) groups is 1. The minimum absolute atomic E-state index is 0.0873. The zero-order valence-corrected chi connectivity index (χ0v) is 16.3. The Labute approximate surface area is 160 Å². The molecule has 0 bridgehead atoms. The van der Waals surface area contributed by atoms with E-state index < -0.39 is 38.5 Å². The molecule has 0 aliphatic carbocycles. The predicted octanol–water partition coefficient (Wildman–Crippen LogP) is 4.60. The molecule has 27 heavy (non-hydrogen) atoms. The lowest BCUT2D eigenvalue weighted by Crippen LogP contribution is -2.29. The third-order valence-electron chi connectivity index (χ3n) is 4.21. The van der Waals surface area contributed by atoms with E-state index in [-0.39, 0.29) is 10.5 Å². The highest BCUT2D eigenvalue weighted by molar-refractivity contribution is 7.90. The number of hydrogen-bond acceptors (Lipinski definition) is 3. The van der Waals surface area contributed by atoms with E-state index in [1.165, 1.54) is 48.3 Å². The van der Waals surface area contributed by atoms with Gasteiger partial charge >= 0.3 is 6.18 Å². The second-order valence-electron chi connectivity index (χ2n) is 6.13. The van der Waals surface area contributed by atoms with Gasteiger partial charge in [-0.2, -0.15) is 13.2 Å². The third-order valence-corrected chi connectivity index (χ3v) is 5.65. The van der Waals surface area contributed by atoms with Crippen LogP contribution in [0, 0.1) is 0 Å². The van der Waals surface area contributed by atoms with Crippen molar-refractivity contribution in [1.29, 1.82) is 0 Å². The van der Waals surface area contributed by atoms with E-state index in [9.17, 15) is 26.4 Å². The van der Waals surface area contributed by atoms with Crippen LogP contribution in [0.1, 0.15) is 34.5 Å². The Morgan fingerprint density at radius 1 is 1.11 bits per heavy atom. The summed E-state index contributed by atoms with van der Waals surface area (Å²) in [6.45, 7) is 1.65. The van der Waals surface area contributed by atoms with Gasteiger partial charge in [0.05, 0.1) is 21.5 Å². The predicted molar refractivity (Wildman–Crippen MR) is 96.5 cm³/mol. The Bertz CT molecular complexity index is 957. The van der Waals surface area contributed by atoms with Crippen LogP contribution in [0.25, 0.3) is 0 Å². The molecule has 1 atom stereocenters. The van der Waals surface area contributed by atoms with Crippen LogP contribution in [0.15, 0.2) is 47.4 Å². The topological polar surface area (TPSA) is 54.5 Å². The van der Waals surface area contributed by atoms with Gasteiger partial charge in [-0.1, -0.05) is 17.7 Å². The lowest BCUT2D eigenvalue weighted by atomic mass is 10.0. The Morgan fingerprint density at radius 2 is 1.67 bits per heavy atom. The number of rotatable bonds is 4. The van der Waals surface area contributed by atoms with E-state index in [0.717, 1.165) is 12.3 Å². The fraction of sp³-hybridized carbons (Fsp3) is 0.278. The fourth-order valence-corrected chi connectivity index (χ4v) is 3.40. The molecule has 4 nitrogen and oxygen atoms in total. The van der Waals surface area contributed by atoms with Gasteiger partial charge in [-0.25, -0.2) is 8.42 Å². The average Bonchev–Trinajstić information content (AvgIpc) is 2.58. The summed E-state index contributed by atoms with van der Waals surface area (Å²) in [6.07, 6.45) is -3.49. The molecule has 0 saturated carbocycles. The largest absolute Gasteiger partial charge is 0.417 e. The molecular formula is C18H17ClF3NO3S. The summed E-state index contributed by atoms with van der Waals surface area (Å²) < 4.78 is 61.4. The molecule has 9 heteroatoms. The first-order valence-corrected chi connectivity index (χ1v) is 10.0. The Hall–Kier alpha value is -2.06. The van der Waals surface area contributed by atoms with E-state index in [0.29, 0.717) is 5.56 Å². The first-order chi connectivity index (χ1) is 12.3. The molecule has 1 amide bonds. The van der Waals surface area contributed by atoms with Crippen LogP contribution < -0.4 is 0 Å². The van der Waals surface area contributed by atoms with Gasteiger partial charge < -0.3 is 4.90 Å². The first kappa shape index (κ1) is 21.2. The van der Waals surface area contributed by atoms with Gasteiger partial charge in [-0.3, -0.25) is 4.79 Å². The van der Waals surface area contributed by atoms with Crippen molar-refractivity contribution >= 4 is 27.3 Å². The van der Waals surface area contributed by atoms with Gasteiger partial charge in [0, 0.05) is 18.9 Å². The molecule has 146 valence electrons. The number of alkyl halides is 3. The molecule has 0 radical (unpaired) electrons. The number of hydrogen-bond donors (Lipinski definition) is 0. The van der Waals surface area contributed by atoms with Crippen molar-refractivity contribution in [2.75, 3.05) is 13.3 Å². The van der Waals surface area contributed by atoms with Crippen LogP contribution in [-0.4, -0.2) is 32.5 Å². The Morgan fingerprint density at radius 3 is 2.11 bits per heavy atom. The second kappa shape index (κ2) is 7.52. The number of nitrogens with zero attached hydrogens (tertiary/aromatic N) is 1. The molecule has 0 N–H and O–H groups in total. The summed E-state index contributed by atoms with van der Waals surface area (Å²) in [5, 5.41) is -0.440. The normalized spacial score (nSPS) is 13.3. The molecule has 0 heterocycles. The molecule has 2 aromatic carbocycles. The van der Waals surface area contributed by atoms with Crippen LogP contribution in [0.4, 0.5) is 13.2 Å². The maximum atomic E-state index is 12.8. The number of benzene rings is 2. The van der Waals surface area contributed by atoms with Crippen molar-refractivity contribution in [3.63, 3.8) is 0 Å². The summed E-state index contributed by atoms with van der Waals surface area (Å²) >= 11 is 5.74. The fourth-order valence-electron chi connectivity index (χ4n) is 2.47. The molecule has 0 aromatic heterocycles. The van der Waals surface area contributed by atoms with Crippen LogP contribution in [0.2, 0.25) is 5.02 Å². The number of sulfone groups is 1. The quantitative estimate of drug-likeness (QED) is 0.728. The van der Waals surface area contributed by atoms with Crippen molar-refractivity contribution in [2.45, 2.75) is 24.0 Å². The molecule has 0 aliphatic heterocycles. The van der Waals surface area contributed by atoms with Crippen LogP contribution >= 0.6 is 11.6 Å². The molecule has 0 saturated heterocycles. The molecule has 2 aromatic rings. The van der Waals surface area contributed by atoms with Gasteiger partial charge in [-0.15, -0.1) is 0 Å².